The van der Waals surface area contributed by atoms with Crippen molar-refractivity contribution in [3.05, 3.63) is 51.7 Å². The minimum absolute atomic E-state index is 0.0145. The Labute approximate surface area is 162 Å². The van der Waals surface area contributed by atoms with Gasteiger partial charge in [-0.15, -0.1) is 11.3 Å². The molecule has 1 saturated heterocycles. The molecule has 3 aromatic rings. The number of amides is 2. The standard InChI is InChI=1S/C20H22N4O2S/c1-12-19(13(2)26-23-12)18-8-5-9-24(18)20(25)22-16-7-4-6-15(10-16)17-11-27-14(3)21-17/h4,6-7,10-11,18H,5,8-9H2,1-3H3,(H,22,25)/t18-/m0/s1. The highest BCUT2D eigenvalue weighted by atomic mass is 32.1. The number of anilines is 1. The van der Waals surface area contributed by atoms with Crippen LogP contribution in [0.15, 0.2) is 34.2 Å². The van der Waals surface area contributed by atoms with E-state index in [0.29, 0.717) is 0 Å². The molecule has 0 aliphatic carbocycles. The maximum atomic E-state index is 12.9. The molecule has 1 aliphatic rings. The average molecular weight is 382 g/mol. The largest absolute Gasteiger partial charge is 0.361 e. The molecule has 0 unspecified atom stereocenters. The van der Waals surface area contributed by atoms with E-state index < -0.39 is 0 Å². The van der Waals surface area contributed by atoms with Crippen molar-refractivity contribution in [2.75, 3.05) is 11.9 Å². The highest BCUT2D eigenvalue weighted by Gasteiger charge is 2.33. The molecule has 1 fully saturated rings. The average Bonchev–Trinajstić information content (AvgIpc) is 3.36. The van der Waals surface area contributed by atoms with E-state index in [1.165, 1.54) is 0 Å². The highest BCUT2D eigenvalue weighted by molar-refractivity contribution is 7.09. The van der Waals surface area contributed by atoms with E-state index in [2.05, 4.69) is 15.5 Å². The summed E-state index contributed by atoms with van der Waals surface area (Å²) in [4.78, 5) is 19.3. The number of aryl methyl sites for hydroxylation is 3. The molecule has 3 heterocycles. The van der Waals surface area contributed by atoms with Gasteiger partial charge in [-0.3, -0.25) is 0 Å². The normalized spacial score (nSPS) is 16.7. The van der Waals surface area contributed by atoms with Crippen molar-refractivity contribution in [1.29, 1.82) is 0 Å². The number of urea groups is 1. The zero-order valence-electron chi connectivity index (χ0n) is 15.7. The molecule has 2 amide bonds. The third-order valence-electron chi connectivity index (χ3n) is 4.96. The fourth-order valence-corrected chi connectivity index (χ4v) is 4.35. The second kappa shape index (κ2) is 7.15. The summed E-state index contributed by atoms with van der Waals surface area (Å²) in [5.74, 6) is 0.790. The lowest BCUT2D eigenvalue weighted by molar-refractivity contribution is 0.206. The van der Waals surface area contributed by atoms with Gasteiger partial charge < -0.3 is 14.7 Å². The van der Waals surface area contributed by atoms with E-state index in [1.54, 1.807) is 11.3 Å². The van der Waals surface area contributed by atoms with Crippen LogP contribution in [-0.2, 0) is 0 Å². The van der Waals surface area contributed by atoms with Crippen LogP contribution >= 0.6 is 11.3 Å². The van der Waals surface area contributed by atoms with E-state index in [-0.39, 0.29) is 12.1 Å². The zero-order valence-corrected chi connectivity index (χ0v) is 16.5. The van der Waals surface area contributed by atoms with Crippen molar-refractivity contribution in [3.63, 3.8) is 0 Å². The number of hydrogen-bond donors (Lipinski definition) is 1. The molecule has 2 aromatic heterocycles. The summed E-state index contributed by atoms with van der Waals surface area (Å²) in [7, 11) is 0. The quantitative estimate of drug-likeness (QED) is 0.685. The molecule has 27 heavy (non-hydrogen) atoms. The van der Waals surface area contributed by atoms with Gasteiger partial charge in [0.15, 0.2) is 0 Å². The third-order valence-corrected chi connectivity index (χ3v) is 5.74. The van der Waals surface area contributed by atoms with Gasteiger partial charge in [-0.2, -0.15) is 0 Å². The van der Waals surface area contributed by atoms with Gasteiger partial charge in [0.05, 0.1) is 22.4 Å². The number of hydrogen-bond acceptors (Lipinski definition) is 5. The number of carbonyl (C=O) groups is 1. The van der Waals surface area contributed by atoms with Crippen LogP contribution in [0.5, 0.6) is 0 Å². The summed E-state index contributed by atoms with van der Waals surface area (Å²) >= 11 is 1.62. The van der Waals surface area contributed by atoms with Gasteiger partial charge in [-0.25, -0.2) is 9.78 Å². The Hall–Kier alpha value is -2.67. The first kappa shape index (κ1) is 17.7. The lowest BCUT2D eigenvalue weighted by atomic mass is 10.0. The number of rotatable bonds is 3. The number of likely N-dealkylation sites (tertiary alicyclic amines) is 1. The lowest BCUT2D eigenvalue weighted by Gasteiger charge is -2.25. The van der Waals surface area contributed by atoms with Crippen LogP contribution in [0.4, 0.5) is 10.5 Å². The second-order valence-corrected chi connectivity index (χ2v) is 7.91. The van der Waals surface area contributed by atoms with E-state index in [9.17, 15) is 4.79 Å². The third kappa shape index (κ3) is 3.47. The van der Waals surface area contributed by atoms with E-state index in [1.807, 2.05) is 55.3 Å². The Morgan fingerprint density at radius 1 is 1.33 bits per heavy atom. The molecule has 0 radical (unpaired) electrons. The van der Waals surface area contributed by atoms with Crippen LogP contribution in [0.3, 0.4) is 0 Å². The summed E-state index contributed by atoms with van der Waals surface area (Å²) in [5.41, 5.74) is 4.60. The molecule has 0 spiro atoms. The molecule has 0 bridgehead atoms. The Balaban J connectivity index is 1.54. The van der Waals surface area contributed by atoms with Crippen LogP contribution in [0, 0.1) is 20.8 Å². The lowest BCUT2D eigenvalue weighted by Crippen LogP contribution is -2.34. The molecule has 4 rings (SSSR count). The van der Waals surface area contributed by atoms with Gasteiger partial charge in [0.1, 0.15) is 5.76 Å². The zero-order chi connectivity index (χ0) is 19.0. The van der Waals surface area contributed by atoms with Crippen molar-refractivity contribution in [2.24, 2.45) is 0 Å². The Bertz CT molecular complexity index is 959. The first-order valence-electron chi connectivity index (χ1n) is 9.06. The SMILES string of the molecule is Cc1nc(-c2cccc(NC(=O)N3CCC[C@H]3c3c(C)noc3C)c2)cs1. The van der Waals surface area contributed by atoms with Crippen molar-refractivity contribution in [2.45, 2.75) is 39.7 Å². The highest BCUT2D eigenvalue weighted by Crippen LogP contribution is 2.36. The number of benzene rings is 1. The van der Waals surface area contributed by atoms with Crippen molar-refractivity contribution in [1.82, 2.24) is 15.0 Å². The maximum absolute atomic E-state index is 12.9. The maximum Gasteiger partial charge on any atom is 0.322 e. The minimum atomic E-state index is -0.0934. The molecule has 140 valence electrons. The van der Waals surface area contributed by atoms with Crippen LogP contribution in [0.25, 0.3) is 11.3 Å². The van der Waals surface area contributed by atoms with Gasteiger partial charge in [0.2, 0.25) is 0 Å². The fourth-order valence-electron chi connectivity index (χ4n) is 3.72. The van der Waals surface area contributed by atoms with Gasteiger partial charge in [-0.05, 0) is 45.7 Å². The van der Waals surface area contributed by atoms with E-state index in [0.717, 1.165) is 58.4 Å². The number of nitrogens with zero attached hydrogens (tertiary/aromatic N) is 3. The molecular weight excluding hydrogens is 360 g/mol. The monoisotopic (exact) mass is 382 g/mol. The second-order valence-electron chi connectivity index (χ2n) is 6.85. The number of carbonyl (C=O) groups excluding carboxylic acids is 1. The van der Waals surface area contributed by atoms with Crippen molar-refractivity contribution in [3.8, 4) is 11.3 Å². The molecule has 1 aliphatic heterocycles. The Morgan fingerprint density at radius 3 is 2.89 bits per heavy atom. The van der Waals surface area contributed by atoms with Crippen molar-refractivity contribution >= 4 is 23.1 Å². The first-order valence-corrected chi connectivity index (χ1v) is 9.94. The Morgan fingerprint density at radius 2 is 2.19 bits per heavy atom. The topological polar surface area (TPSA) is 71.3 Å². The fraction of sp³-hybridized carbons (Fsp3) is 0.350. The molecular formula is C20H22N4O2S. The van der Waals surface area contributed by atoms with E-state index in [4.69, 9.17) is 4.52 Å². The van der Waals surface area contributed by atoms with Gasteiger partial charge in [0.25, 0.3) is 0 Å². The van der Waals surface area contributed by atoms with Crippen LogP contribution < -0.4 is 5.32 Å². The summed E-state index contributed by atoms with van der Waals surface area (Å²) in [5, 5.41) is 10.1. The van der Waals surface area contributed by atoms with Gasteiger partial charge >= 0.3 is 6.03 Å². The van der Waals surface area contributed by atoms with Gasteiger partial charge in [-0.1, -0.05) is 17.3 Å². The predicted octanol–water partition coefficient (Wildman–Crippen LogP) is 5.09. The molecule has 6 nitrogen and oxygen atoms in total. The van der Waals surface area contributed by atoms with Crippen LogP contribution in [-0.4, -0.2) is 27.6 Å². The number of aromatic nitrogens is 2. The van der Waals surface area contributed by atoms with Gasteiger partial charge in [0, 0.05) is 28.7 Å². The predicted molar refractivity (Wildman–Crippen MR) is 106 cm³/mol. The minimum Gasteiger partial charge on any atom is -0.361 e. The molecule has 7 heteroatoms. The Kier molecular flexibility index (Phi) is 4.70. The molecule has 1 aromatic carbocycles. The molecule has 1 N–H and O–H groups in total. The molecule has 1 atom stereocenters. The summed E-state index contributed by atoms with van der Waals surface area (Å²) in [6, 6.07) is 7.74. The molecule has 0 saturated carbocycles. The summed E-state index contributed by atoms with van der Waals surface area (Å²) < 4.78 is 5.31. The number of thiazole rings is 1. The summed E-state index contributed by atoms with van der Waals surface area (Å²) in [6.45, 7) is 6.55. The smallest absolute Gasteiger partial charge is 0.322 e. The van der Waals surface area contributed by atoms with Crippen LogP contribution in [0.2, 0.25) is 0 Å². The number of nitrogens with one attached hydrogen (secondary N) is 1. The summed E-state index contributed by atoms with van der Waals surface area (Å²) in [6.07, 6.45) is 1.90. The first-order chi connectivity index (χ1) is 13.0. The van der Waals surface area contributed by atoms with E-state index >= 15 is 0 Å². The van der Waals surface area contributed by atoms with Crippen LogP contribution in [0.1, 0.15) is 40.9 Å². The van der Waals surface area contributed by atoms with Crippen molar-refractivity contribution < 1.29 is 9.32 Å².